The standard InChI is InChI=1S/C16H16N2OS/c17-9-13(12-5-3-7-18-10-12)16(19)15-8-11-4-1-2-6-14(11)20-15/h1-8,10,13,16,19H,9,17H2. The lowest BCUT2D eigenvalue weighted by Gasteiger charge is -2.20. The second kappa shape index (κ2) is 5.71. The molecule has 2 aromatic heterocycles. The van der Waals surface area contributed by atoms with Crippen LogP contribution in [0.5, 0.6) is 0 Å². The van der Waals surface area contributed by atoms with Gasteiger partial charge in [0.15, 0.2) is 0 Å². The summed E-state index contributed by atoms with van der Waals surface area (Å²) in [5.74, 6) is -0.128. The van der Waals surface area contributed by atoms with E-state index in [1.54, 1.807) is 23.7 Å². The number of aliphatic hydroxyl groups excluding tert-OH is 1. The third-order valence-corrected chi connectivity index (χ3v) is 4.67. The molecule has 0 amide bonds. The number of hydrogen-bond donors (Lipinski definition) is 2. The molecule has 0 saturated heterocycles. The summed E-state index contributed by atoms with van der Waals surface area (Å²) >= 11 is 1.62. The van der Waals surface area contributed by atoms with Crippen molar-refractivity contribution in [1.29, 1.82) is 0 Å². The molecule has 102 valence electrons. The second-order valence-corrected chi connectivity index (χ2v) is 5.88. The maximum atomic E-state index is 10.6. The van der Waals surface area contributed by atoms with Gasteiger partial charge in [0.1, 0.15) is 0 Å². The molecule has 3 aromatic rings. The summed E-state index contributed by atoms with van der Waals surface area (Å²) in [6.07, 6.45) is 2.90. The molecule has 2 atom stereocenters. The van der Waals surface area contributed by atoms with E-state index in [4.69, 9.17) is 5.73 Å². The minimum atomic E-state index is -0.596. The van der Waals surface area contributed by atoms with Crippen LogP contribution in [-0.2, 0) is 0 Å². The van der Waals surface area contributed by atoms with Crippen molar-refractivity contribution < 1.29 is 5.11 Å². The van der Waals surface area contributed by atoms with E-state index < -0.39 is 6.10 Å². The van der Waals surface area contributed by atoms with Gasteiger partial charge < -0.3 is 10.8 Å². The Morgan fingerprint density at radius 2 is 2.05 bits per heavy atom. The highest BCUT2D eigenvalue weighted by Crippen LogP contribution is 2.36. The lowest BCUT2D eigenvalue weighted by Crippen LogP contribution is -2.19. The molecule has 0 radical (unpaired) electrons. The van der Waals surface area contributed by atoms with Crippen LogP contribution in [0.3, 0.4) is 0 Å². The van der Waals surface area contributed by atoms with Gasteiger partial charge in [0.2, 0.25) is 0 Å². The van der Waals surface area contributed by atoms with Gasteiger partial charge in [0, 0.05) is 34.4 Å². The van der Waals surface area contributed by atoms with E-state index in [9.17, 15) is 5.11 Å². The summed E-state index contributed by atoms with van der Waals surface area (Å²) in [7, 11) is 0. The smallest absolute Gasteiger partial charge is 0.0963 e. The number of benzene rings is 1. The summed E-state index contributed by atoms with van der Waals surface area (Å²) in [6, 6.07) is 14.0. The Morgan fingerprint density at radius 1 is 1.20 bits per heavy atom. The molecular formula is C16H16N2OS. The summed E-state index contributed by atoms with van der Waals surface area (Å²) in [5, 5.41) is 11.8. The van der Waals surface area contributed by atoms with Crippen LogP contribution in [-0.4, -0.2) is 16.6 Å². The van der Waals surface area contributed by atoms with Crippen molar-refractivity contribution in [1.82, 2.24) is 4.98 Å². The minimum Gasteiger partial charge on any atom is -0.387 e. The van der Waals surface area contributed by atoms with Gasteiger partial charge in [-0.2, -0.15) is 0 Å². The van der Waals surface area contributed by atoms with E-state index in [0.717, 1.165) is 15.8 Å². The highest BCUT2D eigenvalue weighted by molar-refractivity contribution is 7.19. The molecule has 0 aliphatic carbocycles. The van der Waals surface area contributed by atoms with Crippen LogP contribution >= 0.6 is 11.3 Å². The first-order valence-corrected chi connectivity index (χ1v) is 7.38. The van der Waals surface area contributed by atoms with Crippen molar-refractivity contribution in [2.45, 2.75) is 12.0 Å². The van der Waals surface area contributed by atoms with E-state index in [0.29, 0.717) is 6.54 Å². The monoisotopic (exact) mass is 284 g/mol. The molecule has 0 bridgehead atoms. The highest BCUT2D eigenvalue weighted by atomic mass is 32.1. The van der Waals surface area contributed by atoms with E-state index in [1.807, 2.05) is 30.3 Å². The summed E-state index contributed by atoms with van der Waals surface area (Å²) in [5.41, 5.74) is 6.83. The molecule has 3 nitrogen and oxygen atoms in total. The van der Waals surface area contributed by atoms with Gasteiger partial charge in [-0.1, -0.05) is 24.3 Å². The van der Waals surface area contributed by atoms with Crippen molar-refractivity contribution in [3.63, 3.8) is 0 Å². The van der Waals surface area contributed by atoms with Gasteiger partial charge >= 0.3 is 0 Å². The number of nitrogens with two attached hydrogens (primary N) is 1. The normalized spacial score (nSPS) is 14.3. The number of fused-ring (bicyclic) bond motifs is 1. The number of pyridine rings is 1. The fraction of sp³-hybridized carbons (Fsp3) is 0.188. The Hall–Kier alpha value is -1.75. The van der Waals surface area contributed by atoms with Crippen LogP contribution in [0.25, 0.3) is 10.1 Å². The highest BCUT2D eigenvalue weighted by Gasteiger charge is 2.23. The van der Waals surface area contributed by atoms with Crippen LogP contribution < -0.4 is 5.73 Å². The molecule has 0 spiro atoms. The quantitative estimate of drug-likeness (QED) is 0.774. The van der Waals surface area contributed by atoms with Crippen LogP contribution in [0.15, 0.2) is 54.9 Å². The van der Waals surface area contributed by atoms with Crippen LogP contribution in [0, 0.1) is 0 Å². The molecule has 2 unspecified atom stereocenters. The third kappa shape index (κ3) is 2.45. The number of aromatic nitrogens is 1. The Morgan fingerprint density at radius 3 is 2.75 bits per heavy atom. The number of rotatable bonds is 4. The molecule has 0 saturated carbocycles. The van der Waals surface area contributed by atoms with Crippen LogP contribution in [0.2, 0.25) is 0 Å². The number of aliphatic hydroxyl groups is 1. The van der Waals surface area contributed by atoms with Gasteiger partial charge in [-0.3, -0.25) is 4.98 Å². The Kier molecular flexibility index (Phi) is 3.78. The number of thiophene rings is 1. The minimum absolute atomic E-state index is 0.128. The maximum Gasteiger partial charge on any atom is 0.0963 e. The van der Waals surface area contributed by atoms with Crippen molar-refractivity contribution in [2.75, 3.05) is 6.54 Å². The first kappa shape index (κ1) is 13.2. The first-order chi connectivity index (χ1) is 9.79. The lowest BCUT2D eigenvalue weighted by atomic mass is 9.94. The van der Waals surface area contributed by atoms with Gasteiger partial charge in [-0.05, 0) is 29.1 Å². The topological polar surface area (TPSA) is 59.1 Å². The predicted octanol–water partition coefficient (Wildman–Crippen LogP) is 3.07. The van der Waals surface area contributed by atoms with Crippen LogP contribution in [0.4, 0.5) is 0 Å². The first-order valence-electron chi connectivity index (χ1n) is 6.56. The number of nitrogens with zero attached hydrogens (tertiary/aromatic N) is 1. The Bertz CT molecular complexity index is 663. The molecule has 0 aliphatic heterocycles. The molecule has 1 aromatic carbocycles. The van der Waals surface area contributed by atoms with Gasteiger partial charge in [0.05, 0.1) is 6.10 Å². The van der Waals surface area contributed by atoms with E-state index in [1.165, 1.54) is 4.70 Å². The summed E-state index contributed by atoms with van der Waals surface area (Å²) in [6.45, 7) is 0.390. The van der Waals surface area contributed by atoms with E-state index in [-0.39, 0.29) is 5.92 Å². The zero-order chi connectivity index (χ0) is 13.9. The van der Waals surface area contributed by atoms with E-state index in [2.05, 4.69) is 17.1 Å². The van der Waals surface area contributed by atoms with Gasteiger partial charge in [0.25, 0.3) is 0 Å². The molecule has 20 heavy (non-hydrogen) atoms. The fourth-order valence-corrected chi connectivity index (χ4v) is 3.51. The number of hydrogen-bond acceptors (Lipinski definition) is 4. The SMILES string of the molecule is NCC(c1cccnc1)C(O)c1cc2ccccc2s1. The molecule has 0 fully saturated rings. The Balaban J connectivity index is 1.95. The van der Waals surface area contributed by atoms with Crippen molar-refractivity contribution in [3.05, 3.63) is 65.3 Å². The van der Waals surface area contributed by atoms with Crippen molar-refractivity contribution >= 4 is 21.4 Å². The molecule has 2 heterocycles. The summed E-state index contributed by atoms with van der Waals surface area (Å²) < 4.78 is 1.18. The molecule has 3 rings (SSSR count). The van der Waals surface area contributed by atoms with Crippen molar-refractivity contribution in [2.24, 2.45) is 5.73 Å². The van der Waals surface area contributed by atoms with Crippen LogP contribution in [0.1, 0.15) is 22.5 Å². The van der Waals surface area contributed by atoms with Crippen molar-refractivity contribution in [3.8, 4) is 0 Å². The summed E-state index contributed by atoms with van der Waals surface area (Å²) in [4.78, 5) is 5.06. The fourth-order valence-electron chi connectivity index (χ4n) is 2.39. The van der Waals surface area contributed by atoms with E-state index >= 15 is 0 Å². The zero-order valence-electron chi connectivity index (χ0n) is 10.9. The predicted molar refractivity (Wildman–Crippen MR) is 82.8 cm³/mol. The second-order valence-electron chi connectivity index (χ2n) is 4.76. The maximum absolute atomic E-state index is 10.6. The largest absolute Gasteiger partial charge is 0.387 e. The molecule has 4 heteroatoms. The third-order valence-electron chi connectivity index (χ3n) is 3.48. The zero-order valence-corrected chi connectivity index (χ0v) is 11.8. The molecule has 0 aliphatic rings. The Labute approximate surface area is 121 Å². The average molecular weight is 284 g/mol. The lowest BCUT2D eigenvalue weighted by molar-refractivity contribution is 0.151. The molecule has 3 N–H and O–H groups in total. The molecular weight excluding hydrogens is 268 g/mol. The van der Waals surface area contributed by atoms with Gasteiger partial charge in [-0.15, -0.1) is 11.3 Å². The average Bonchev–Trinajstić information content (AvgIpc) is 2.93. The van der Waals surface area contributed by atoms with Gasteiger partial charge in [-0.25, -0.2) is 0 Å².